The average Bonchev–Trinajstić information content (AvgIpc) is 2.88. The Kier molecular flexibility index (Phi) is 4.54. The third kappa shape index (κ3) is 3.24. The van der Waals surface area contributed by atoms with Crippen molar-refractivity contribution in [1.82, 2.24) is 4.31 Å². The smallest absolute Gasteiger partial charge is 0.243 e. The van der Waals surface area contributed by atoms with Crippen LogP contribution in [0.15, 0.2) is 40.6 Å². The largest absolute Gasteiger partial charge is 0.326 e. The van der Waals surface area contributed by atoms with Gasteiger partial charge in [0, 0.05) is 30.4 Å². The highest BCUT2D eigenvalue weighted by Gasteiger charge is 2.22. The monoisotopic (exact) mass is 314 g/mol. The number of benzene rings is 1. The van der Waals surface area contributed by atoms with Gasteiger partial charge in [-0.3, -0.25) is 0 Å². The predicted octanol–water partition coefficient (Wildman–Crippen LogP) is 2.17. The second kappa shape index (κ2) is 6.01. The van der Waals surface area contributed by atoms with Crippen LogP contribution in [0.5, 0.6) is 0 Å². The topological polar surface area (TPSA) is 63.4 Å². The highest BCUT2D eigenvalue weighted by molar-refractivity contribution is 7.89. The second-order valence-corrected chi connectivity index (χ2v) is 7.38. The molecular formula is C13H15FN2O2S2. The number of rotatable bonds is 5. The summed E-state index contributed by atoms with van der Waals surface area (Å²) in [7, 11) is -2.10. The summed E-state index contributed by atoms with van der Waals surface area (Å²) in [5, 5.41) is 1.57. The molecule has 0 atom stereocenters. The molecule has 4 nitrogen and oxygen atoms in total. The summed E-state index contributed by atoms with van der Waals surface area (Å²) in [6.07, 6.45) is 0. The van der Waals surface area contributed by atoms with E-state index in [1.54, 1.807) is 23.6 Å². The molecule has 1 heterocycles. The molecule has 0 saturated carbocycles. The Morgan fingerprint density at radius 2 is 2.10 bits per heavy atom. The molecule has 2 rings (SSSR count). The highest BCUT2D eigenvalue weighted by atomic mass is 32.2. The Balaban J connectivity index is 2.21. The Morgan fingerprint density at radius 1 is 1.35 bits per heavy atom. The van der Waals surface area contributed by atoms with Crippen molar-refractivity contribution >= 4 is 21.4 Å². The van der Waals surface area contributed by atoms with Crippen molar-refractivity contribution in [2.24, 2.45) is 5.73 Å². The lowest BCUT2D eigenvalue weighted by molar-refractivity contribution is 0.465. The molecule has 0 unspecified atom stereocenters. The van der Waals surface area contributed by atoms with Crippen molar-refractivity contribution in [3.8, 4) is 0 Å². The van der Waals surface area contributed by atoms with Gasteiger partial charge in [-0.05, 0) is 23.8 Å². The molecule has 0 saturated heterocycles. The molecule has 0 aliphatic rings. The van der Waals surface area contributed by atoms with Gasteiger partial charge in [-0.15, -0.1) is 11.3 Å². The summed E-state index contributed by atoms with van der Waals surface area (Å²) in [6.45, 7) is 0.432. The van der Waals surface area contributed by atoms with Crippen molar-refractivity contribution in [2.75, 3.05) is 7.05 Å². The molecule has 0 spiro atoms. The first-order valence-electron chi connectivity index (χ1n) is 5.92. The first kappa shape index (κ1) is 15.1. The Bertz CT molecular complexity index is 698. The zero-order valence-corrected chi connectivity index (χ0v) is 12.5. The minimum absolute atomic E-state index is 0.119. The van der Waals surface area contributed by atoms with Crippen LogP contribution < -0.4 is 5.73 Å². The summed E-state index contributed by atoms with van der Waals surface area (Å²) in [5.41, 5.74) is 6.09. The van der Waals surface area contributed by atoms with Gasteiger partial charge >= 0.3 is 0 Å². The predicted molar refractivity (Wildman–Crippen MR) is 77.3 cm³/mol. The van der Waals surface area contributed by atoms with E-state index in [4.69, 9.17) is 5.73 Å². The molecule has 0 amide bonds. The molecule has 0 fully saturated rings. The molecule has 2 aromatic rings. The van der Waals surface area contributed by atoms with E-state index in [0.29, 0.717) is 12.1 Å². The number of hydrogen-bond acceptors (Lipinski definition) is 4. The van der Waals surface area contributed by atoms with Gasteiger partial charge in [0.15, 0.2) is 0 Å². The number of halogens is 1. The fraction of sp³-hybridized carbons (Fsp3) is 0.231. The molecule has 0 aliphatic carbocycles. The van der Waals surface area contributed by atoms with Gasteiger partial charge in [0.25, 0.3) is 0 Å². The Morgan fingerprint density at radius 3 is 2.70 bits per heavy atom. The van der Waals surface area contributed by atoms with Crippen LogP contribution in [-0.2, 0) is 23.1 Å². The SMILES string of the molecule is CN(Cc1cccc(F)c1)S(=O)(=O)c1csc(CN)c1. The Labute approximate surface area is 121 Å². The van der Waals surface area contributed by atoms with Crippen LogP contribution >= 0.6 is 11.3 Å². The van der Waals surface area contributed by atoms with Gasteiger partial charge in [-0.1, -0.05) is 12.1 Å². The summed E-state index contributed by atoms with van der Waals surface area (Å²) >= 11 is 1.31. The maximum atomic E-state index is 13.1. The normalized spacial score (nSPS) is 12.0. The van der Waals surface area contributed by atoms with E-state index in [-0.39, 0.29) is 17.3 Å². The lowest BCUT2D eigenvalue weighted by Crippen LogP contribution is -2.26. The molecule has 20 heavy (non-hydrogen) atoms. The Hall–Kier alpha value is -1.28. The van der Waals surface area contributed by atoms with Crippen molar-refractivity contribution in [1.29, 1.82) is 0 Å². The van der Waals surface area contributed by atoms with E-state index >= 15 is 0 Å². The van der Waals surface area contributed by atoms with Crippen LogP contribution in [0.2, 0.25) is 0 Å². The standard InChI is InChI=1S/C13H15FN2O2S2/c1-16(8-10-3-2-4-11(14)5-10)20(17,18)13-6-12(7-15)19-9-13/h2-6,9H,7-8,15H2,1H3. The molecule has 0 bridgehead atoms. The zero-order valence-electron chi connectivity index (χ0n) is 10.9. The van der Waals surface area contributed by atoms with E-state index in [1.807, 2.05) is 0 Å². The van der Waals surface area contributed by atoms with Gasteiger partial charge in [-0.25, -0.2) is 12.8 Å². The van der Waals surface area contributed by atoms with E-state index in [9.17, 15) is 12.8 Å². The first-order valence-corrected chi connectivity index (χ1v) is 8.23. The van der Waals surface area contributed by atoms with E-state index < -0.39 is 10.0 Å². The second-order valence-electron chi connectivity index (χ2n) is 4.34. The number of nitrogens with two attached hydrogens (primary N) is 1. The van der Waals surface area contributed by atoms with Gasteiger partial charge < -0.3 is 5.73 Å². The van der Waals surface area contributed by atoms with Crippen molar-refractivity contribution < 1.29 is 12.8 Å². The maximum Gasteiger partial charge on any atom is 0.243 e. The quantitative estimate of drug-likeness (QED) is 0.920. The summed E-state index contributed by atoms with van der Waals surface area (Å²) in [6, 6.07) is 7.47. The highest BCUT2D eigenvalue weighted by Crippen LogP contribution is 2.22. The summed E-state index contributed by atoms with van der Waals surface area (Å²) in [4.78, 5) is 1.03. The molecule has 0 aliphatic heterocycles. The molecule has 2 N–H and O–H groups in total. The van der Waals surface area contributed by atoms with Crippen LogP contribution in [0.1, 0.15) is 10.4 Å². The molecule has 1 aromatic carbocycles. The average molecular weight is 314 g/mol. The number of nitrogens with zero attached hydrogens (tertiary/aromatic N) is 1. The molecular weight excluding hydrogens is 299 g/mol. The van der Waals surface area contributed by atoms with Crippen LogP contribution in [0, 0.1) is 5.82 Å². The van der Waals surface area contributed by atoms with Crippen molar-refractivity contribution in [3.63, 3.8) is 0 Å². The minimum Gasteiger partial charge on any atom is -0.326 e. The van der Waals surface area contributed by atoms with E-state index in [0.717, 1.165) is 4.88 Å². The molecule has 7 heteroatoms. The zero-order chi connectivity index (χ0) is 14.8. The fourth-order valence-electron chi connectivity index (χ4n) is 1.76. The van der Waals surface area contributed by atoms with Crippen molar-refractivity contribution in [2.45, 2.75) is 18.0 Å². The molecule has 108 valence electrons. The number of sulfonamides is 1. The number of hydrogen-bond donors (Lipinski definition) is 1. The van der Waals surface area contributed by atoms with Crippen LogP contribution in [0.3, 0.4) is 0 Å². The van der Waals surface area contributed by atoms with Crippen LogP contribution in [0.25, 0.3) is 0 Å². The summed E-state index contributed by atoms with van der Waals surface area (Å²) < 4.78 is 39.0. The first-order chi connectivity index (χ1) is 9.43. The van der Waals surface area contributed by atoms with Gasteiger partial charge in [0.1, 0.15) is 5.82 Å². The minimum atomic E-state index is -3.57. The van der Waals surface area contributed by atoms with Crippen molar-refractivity contribution in [3.05, 3.63) is 52.0 Å². The van der Waals surface area contributed by atoms with Crippen LogP contribution in [-0.4, -0.2) is 19.8 Å². The van der Waals surface area contributed by atoms with E-state index in [1.165, 1.54) is 34.8 Å². The number of thiophene rings is 1. The third-order valence-corrected chi connectivity index (χ3v) is 5.72. The van der Waals surface area contributed by atoms with Gasteiger partial charge in [-0.2, -0.15) is 4.31 Å². The maximum absolute atomic E-state index is 13.1. The molecule has 1 aromatic heterocycles. The van der Waals surface area contributed by atoms with Crippen LogP contribution in [0.4, 0.5) is 4.39 Å². The van der Waals surface area contributed by atoms with Gasteiger partial charge in [0.05, 0.1) is 4.90 Å². The summed E-state index contributed by atoms with van der Waals surface area (Å²) in [5.74, 6) is -0.380. The third-order valence-electron chi connectivity index (χ3n) is 2.83. The van der Waals surface area contributed by atoms with Gasteiger partial charge in [0.2, 0.25) is 10.0 Å². The lowest BCUT2D eigenvalue weighted by atomic mass is 10.2. The molecule has 0 radical (unpaired) electrons. The lowest BCUT2D eigenvalue weighted by Gasteiger charge is -2.16. The van der Waals surface area contributed by atoms with E-state index in [2.05, 4.69) is 0 Å². The fourth-order valence-corrected chi connectivity index (χ4v) is 4.06.